The Morgan fingerprint density at radius 2 is 1.74 bits per heavy atom. The first kappa shape index (κ1) is 23.1. The normalized spacial score (nSPS) is 21.1. The van der Waals surface area contributed by atoms with Gasteiger partial charge < -0.3 is 0 Å². The van der Waals surface area contributed by atoms with Gasteiger partial charge in [0.15, 0.2) is 0 Å². The molecule has 1 aromatic carbocycles. The Balaban J connectivity index is 1.84. The first-order valence-corrected chi connectivity index (χ1v) is 13.3. The quantitative estimate of drug-likeness (QED) is 0.349. The summed E-state index contributed by atoms with van der Waals surface area (Å²) in [5.74, 6) is 3.35. The lowest BCUT2D eigenvalue weighted by Gasteiger charge is -2.38. The molecule has 3 aromatic rings. The number of pyridine rings is 1. The molecular formula is C31H39N3. The van der Waals surface area contributed by atoms with Crippen molar-refractivity contribution in [1.29, 1.82) is 0 Å². The van der Waals surface area contributed by atoms with E-state index in [1.807, 2.05) is 0 Å². The van der Waals surface area contributed by atoms with E-state index in [0.717, 1.165) is 34.9 Å². The van der Waals surface area contributed by atoms with Gasteiger partial charge in [0.25, 0.3) is 0 Å². The summed E-state index contributed by atoms with van der Waals surface area (Å²) in [6.07, 6.45) is 15.3. The minimum absolute atomic E-state index is 0.440. The maximum absolute atomic E-state index is 5.34. The Kier molecular flexibility index (Phi) is 6.22. The second kappa shape index (κ2) is 9.17. The Morgan fingerprint density at radius 1 is 1.06 bits per heavy atom. The fraction of sp³-hybridized carbons (Fsp3) is 0.484. The summed E-state index contributed by atoms with van der Waals surface area (Å²) >= 11 is 0. The highest BCUT2D eigenvalue weighted by Gasteiger charge is 2.34. The van der Waals surface area contributed by atoms with Crippen molar-refractivity contribution >= 4 is 16.7 Å². The Labute approximate surface area is 205 Å². The Bertz CT molecular complexity index is 1270. The third-order valence-electron chi connectivity index (χ3n) is 8.02. The standard InChI is InChI=1S/C31H39N3/c1-7-9-24(14-19(3)4)34-30-17-27-23-12-10-22(11-13-23)26(27)16-29(30)33-31(34)28-18-32-21(6)15-25(28)20(5)8-2/h7,9,14-20,22-23H,8,10-13H2,1-6H3/b9-7-,24-14+. The second-order valence-corrected chi connectivity index (χ2v) is 10.8. The van der Waals surface area contributed by atoms with Gasteiger partial charge in [-0.2, -0.15) is 0 Å². The molecule has 0 saturated heterocycles. The van der Waals surface area contributed by atoms with Gasteiger partial charge in [0.05, 0.1) is 11.0 Å². The van der Waals surface area contributed by atoms with E-state index in [2.05, 4.69) is 88.7 Å². The molecule has 3 nitrogen and oxygen atoms in total. The molecule has 0 radical (unpaired) electrons. The zero-order valence-corrected chi connectivity index (χ0v) is 21.7. The van der Waals surface area contributed by atoms with Crippen LogP contribution in [-0.4, -0.2) is 14.5 Å². The van der Waals surface area contributed by atoms with Crippen LogP contribution in [0.4, 0.5) is 0 Å². The highest BCUT2D eigenvalue weighted by Crippen LogP contribution is 2.50. The first-order valence-electron chi connectivity index (χ1n) is 13.3. The van der Waals surface area contributed by atoms with E-state index >= 15 is 0 Å². The zero-order chi connectivity index (χ0) is 24.0. The van der Waals surface area contributed by atoms with Gasteiger partial charge in [0.1, 0.15) is 5.82 Å². The average molecular weight is 454 g/mol. The maximum Gasteiger partial charge on any atom is 0.147 e. The number of nitrogens with zero attached hydrogens (tertiary/aromatic N) is 3. The molecule has 0 spiro atoms. The van der Waals surface area contributed by atoms with Crippen molar-refractivity contribution < 1.29 is 0 Å². The van der Waals surface area contributed by atoms with Crippen LogP contribution in [0.5, 0.6) is 0 Å². The van der Waals surface area contributed by atoms with Gasteiger partial charge >= 0.3 is 0 Å². The van der Waals surface area contributed by atoms with E-state index in [-0.39, 0.29) is 0 Å². The number of aromatic nitrogens is 3. The van der Waals surface area contributed by atoms with Crippen molar-refractivity contribution in [2.24, 2.45) is 5.92 Å². The lowest BCUT2D eigenvalue weighted by molar-refractivity contribution is 0.359. The lowest BCUT2D eigenvalue weighted by atomic mass is 9.67. The minimum Gasteiger partial charge on any atom is -0.293 e. The SMILES string of the molecule is C/C=C\C(=C/C(C)C)n1c(-c2cnc(C)cc2C(C)CC)nc2cc3c(cc21)C1CCC3CC1. The third-order valence-corrected chi connectivity index (χ3v) is 8.02. The average Bonchev–Trinajstić information content (AvgIpc) is 3.20. The molecule has 1 unspecified atom stereocenters. The molecular weight excluding hydrogens is 414 g/mol. The van der Waals surface area contributed by atoms with Gasteiger partial charge in [-0.3, -0.25) is 9.55 Å². The fourth-order valence-electron chi connectivity index (χ4n) is 6.13. The number of hydrogen-bond donors (Lipinski definition) is 0. The highest BCUT2D eigenvalue weighted by molar-refractivity contribution is 5.88. The molecule has 2 bridgehead atoms. The number of hydrogen-bond acceptors (Lipinski definition) is 2. The lowest BCUT2D eigenvalue weighted by Crippen LogP contribution is -2.21. The summed E-state index contributed by atoms with van der Waals surface area (Å²) in [5, 5.41) is 0. The summed E-state index contributed by atoms with van der Waals surface area (Å²) in [6.45, 7) is 13.3. The summed E-state index contributed by atoms with van der Waals surface area (Å²) in [7, 11) is 0. The number of aryl methyl sites for hydroxylation is 1. The number of allylic oxidation sites excluding steroid dienone is 4. The molecule has 1 fully saturated rings. The monoisotopic (exact) mass is 453 g/mol. The molecule has 2 aromatic heterocycles. The van der Waals surface area contributed by atoms with Crippen LogP contribution in [0.3, 0.4) is 0 Å². The number of rotatable bonds is 6. The van der Waals surface area contributed by atoms with E-state index in [0.29, 0.717) is 17.8 Å². The molecule has 6 rings (SSSR count). The van der Waals surface area contributed by atoms with E-state index in [1.165, 1.54) is 42.5 Å². The van der Waals surface area contributed by atoms with Crippen LogP contribution in [0.15, 0.2) is 42.6 Å². The summed E-state index contributed by atoms with van der Waals surface area (Å²) in [4.78, 5) is 10.1. The minimum atomic E-state index is 0.440. The molecule has 0 amide bonds. The van der Waals surface area contributed by atoms with Crippen LogP contribution in [0.2, 0.25) is 0 Å². The molecule has 1 atom stereocenters. The van der Waals surface area contributed by atoms with Crippen molar-refractivity contribution in [3.63, 3.8) is 0 Å². The maximum atomic E-state index is 5.34. The third kappa shape index (κ3) is 3.93. The molecule has 3 heteroatoms. The van der Waals surface area contributed by atoms with E-state index < -0.39 is 0 Å². The topological polar surface area (TPSA) is 30.7 Å². The molecule has 0 N–H and O–H groups in total. The van der Waals surface area contributed by atoms with E-state index in [9.17, 15) is 0 Å². The summed E-state index contributed by atoms with van der Waals surface area (Å²) in [6, 6.07) is 7.17. The summed E-state index contributed by atoms with van der Waals surface area (Å²) in [5.41, 5.74) is 10.3. The highest BCUT2D eigenvalue weighted by atomic mass is 15.1. The second-order valence-electron chi connectivity index (χ2n) is 10.8. The van der Waals surface area contributed by atoms with Crippen molar-refractivity contribution in [2.45, 2.75) is 91.4 Å². The van der Waals surface area contributed by atoms with Gasteiger partial charge in [-0.15, -0.1) is 0 Å². The smallest absolute Gasteiger partial charge is 0.147 e. The van der Waals surface area contributed by atoms with E-state index in [1.54, 1.807) is 11.1 Å². The van der Waals surface area contributed by atoms with Gasteiger partial charge in [-0.1, -0.05) is 39.8 Å². The van der Waals surface area contributed by atoms with Crippen molar-refractivity contribution in [3.8, 4) is 11.4 Å². The molecule has 0 aliphatic heterocycles. The molecule has 3 aliphatic carbocycles. The van der Waals surface area contributed by atoms with Crippen LogP contribution < -0.4 is 0 Å². The fourth-order valence-corrected chi connectivity index (χ4v) is 6.13. The Hall–Kier alpha value is -2.68. The van der Waals surface area contributed by atoms with E-state index in [4.69, 9.17) is 9.97 Å². The first-order chi connectivity index (χ1) is 16.4. The van der Waals surface area contributed by atoms with Crippen LogP contribution in [0.25, 0.3) is 28.1 Å². The molecule has 34 heavy (non-hydrogen) atoms. The van der Waals surface area contributed by atoms with Gasteiger partial charge in [-0.25, -0.2) is 4.98 Å². The van der Waals surface area contributed by atoms with Crippen LogP contribution in [0, 0.1) is 12.8 Å². The number of fused-ring (bicyclic) bond motifs is 3. The van der Waals surface area contributed by atoms with Crippen LogP contribution in [-0.2, 0) is 0 Å². The molecule has 1 saturated carbocycles. The van der Waals surface area contributed by atoms with Crippen LogP contribution >= 0.6 is 0 Å². The van der Waals surface area contributed by atoms with Crippen molar-refractivity contribution in [1.82, 2.24) is 14.5 Å². The largest absolute Gasteiger partial charge is 0.293 e. The predicted molar refractivity (Wildman–Crippen MR) is 144 cm³/mol. The van der Waals surface area contributed by atoms with Gasteiger partial charge in [0.2, 0.25) is 0 Å². The Morgan fingerprint density at radius 3 is 2.35 bits per heavy atom. The number of imidazole rings is 1. The molecule has 3 aliphatic rings. The molecule has 2 heterocycles. The van der Waals surface area contributed by atoms with Crippen molar-refractivity contribution in [2.75, 3.05) is 0 Å². The predicted octanol–water partition coefficient (Wildman–Crippen LogP) is 8.75. The zero-order valence-electron chi connectivity index (χ0n) is 21.7. The molecule has 178 valence electrons. The van der Waals surface area contributed by atoms with Gasteiger partial charge in [0, 0.05) is 23.2 Å². The van der Waals surface area contributed by atoms with Crippen molar-refractivity contribution in [3.05, 3.63) is 65.0 Å². The summed E-state index contributed by atoms with van der Waals surface area (Å²) < 4.78 is 2.41. The van der Waals surface area contributed by atoms with Gasteiger partial charge in [-0.05, 0) is 111 Å². The van der Waals surface area contributed by atoms with Crippen LogP contribution in [0.1, 0.15) is 107 Å². The number of benzene rings is 1.